The highest BCUT2D eigenvalue weighted by atomic mass is 32.1. The summed E-state index contributed by atoms with van der Waals surface area (Å²) in [6, 6.07) is 5.11. The Bertz CT molecular complexity index is 484. The van der Waals surface area contributed by atoms with E-state index in [1.165, 1.54) is 11.3 Å². The number of rotatable bonds is 3. The quantitative estimate of drug-likeness (QED) is 0.814. The highest BCUT2D eigenvalue weighted by molar-refractivity contribution is 7.15. The normalized spacial score (nSPS) is 10.1. The third kappa shape index (κ3) is 2.38. The Kier molecular flexibility index (Phi) is 3.18. The van der Waals surface area contributed by atoms with Gasteiger partial charge in [0.15, 0.2) is 0 Å². The minimum atomic E-state index is -0.305. The van der Waals surface area contributed by atoms with Crippen LogP contribution in [0.3, 0.4) is 0 Å². The van der Waals surface area contributed by atoms with Crippen molar-refractivity contribution in [3.63, 3.8) is 0 Å². The Morgan fingerprint density at radius 1 is 1.44 bits per heavy atom. The molecule has 0 saturated carbocycles. The molecular formula is C9H9N5OS. The molecule has 2 aromatic rings. The van der Waals surface area contributed by atoms with Gasteiger partial charge in [0.2, 0.25) is 5.13 Å². The van der Waals surface area contributed by atoms with Gasteiger partial charge in [-0.05, 0) is 12.1 Å². The van der Waals surface area contributed by atoms with Gasteiger partial charge >= 0.3 is 0 Å². The number of nitrogens with two attached hydrogens (primary N) is 1. The Balaban J connectivity index is 2.08. The maximum absolute atomic E-state index is 11.6. The second kappa shape index (κ2) is 4.77. The molecule has 0 atom stereocenters. The molecule has 0 saturated heterocycles. The second-order valence-electron chi connectivity index (χ2n) is 2.87. The van der Waals surface area contributed by atoms with Crippen molar-refractivity contribution in [3.05, 3.63) is 35.1 Å². The number of carbonyl (C=O) groups excluding carboxylic acids is 1. The van der Waals surface area contributed by atoms with Crippen molar-refractivity contribution in [2.24, 2.45) is 5.73 Å². The second-order valence-corrected chi connectivity index (χ2v) is 3.94. The fraction of sp³-hybridized carbons (Fsp3) is 0.111. The molecule has 0 aliphatic heterocycles. The molecular weight excluding hydrogens is 226 g/mol. The SMILES string of the molecule is NCc1nnc(NC(=O)c2ccccn2)s1. The van der Waals surface area contributed by atoms with Gasteiger partial charge in [0, 0.05) is 12.7 Å². The Hall–Kier alpha value is -1.86. The molecule has 2 rings (SSSR count). The number of pyridine rings is 1. The first-order valence-corrected chi connectivity index (χ1v) is 5.36. The first-order chi connectivity index (χ1) is 7.79. The van der Waals surface area contributed by atoms with Crippen LogP contribution in [0.25, 0.3) is 0 Å². The number of carbonyl (C=O) groups is 1. The molecule has 0 unspecified atom stereocenters. The van der Waals surface area contributed by atoms with Gasteiger partial charge in [-0.3, -0.25) is 15.1 Å². The van der Waals surface area contributed by atoms with Gasteiger partial charge < -0.3 is 5.73 Å². The van der Waals surface area contributed by atoms with E-state index in [9.17, 15) is 4.79 Å². The third-order valence-corrected chi connectivity index (χ3v) is 2.62. The molecule has 7 heteroatoms. The lowest BCUT2D eigenvalue weighted by Gasteiger charge is -1.98. The van der Waals surface area contributed by atoms with Gasteiger partial charge in [-0.2, -0.15) is 0 Å². The van der Waals surface area contributed by atoms with E-state index in [0.717, 1.165) is 0 Å². The van der Waals surface area contributed by atoms with Gasteiger partial charge in [0.05, 0.1) is 0 Å². The average molecular weight is 235 g/mol. The lowest BCUT2D eigenvalue weighted by atomic mass is 10.3. The number of hydrogen-bond acceptors (Lipinski definition) is 6. The topological polar surface area (TPSA) is 93.8 Å². The largest absolute Gasteiger partial charge is 0.324 e. The highest BCUT2D eigenvalue weighted by Crippen LogP contribution is 2.14. The van der Waals surface area contributed by atoms with E-state index in [1.807, 2.05) is 0 Å². The fourth-order valence-corrected chi connectivity index (χ4v) is 1.66. The maximum atomic E-state index is 11.6. The molecule has 3 N–H and O–H groups in total. The first-order valence-electron chi connectivity index (χ1n) is 4.54. The van der Waals surface area contributed by atoms with Crippen molar-refractivity contribution in [1.29, 1.82) is 0 Å². The number of hydrogen-bond donors (Lipinski definition) is 2. The third-order valence-electron chi connectivity index (χ3n) is 1.76. The summed E-state index contributed by atoms with van der Waals surface area (Å²) < 4.78 is 0. The van der Waals surface area contributed by atoms with Gasteiger partial charge in [-0.1, -0.05) is 17.4 Å². The monoisotopic (exact) mass is 235 g/mol. The summed E-state index contributed by atoms with van der Waals surface area (Å²) in [6.07, 6.45) is 1.56. The zero-order chi connectivity index (χ0) is 11.4. The van der Waals surface area contributed by atoms with E-state index in [1.54, 1.807) is 24.4 Å². The molecule has 0 bridgehead atoms. The van der Waals surface area contributed by atoms with Gasteiger partial charge in [-0.25, -0.2) is 0 Å². The summed E-state index contributed by atoms with van der Waals surface area (Å²) in [5, 5.41) is 11.3. The van der Waals surface area contributed by atoms with E-state index < -0.39 is 0 Å². The maximum Gasteiger partial charge on any atom is 0.276 e. The van der Waals surface area contributed by atoms with Crippen LogP contribution in [0.15, 0.2) is 24.4 Å². The molecule has 2 aromatic heterocycles. The summed E-state index contributed by atoms with van der Waals surface area (Å²) >= 11 is 1.25. The lowest BCUT2D eigenvalue weighted by Crippen LogP contribution is -2.13. The number of anilines is 1. The van der Waals surface area contributed by atoms with E-state index in [-0.39, 0.29) is 5.91 Å². The number of aromatic nitrogens is 3. The minimum absolute atomic E-state index is 0.305. The van der Waals surface area contributed by atoms with Crippen LogP contribution in [0.1, 0.15) is 15.5 Å². The Labute approximate surface area is 95.5 Å². The summed E-state index contributed by atoms with van der Waals surface area (Å²) in [4.78, 5) is 15.6. The van der Waals surface area contributed by atoms with E-state index in [0.29, 0.717) is 22.4 Å². The Morgan fingerprint density at radius 3 is 2.94 bits per heavy atom. The smallest absolute Gasteiger partial charge is 0.276 e. The van der Waals surface area contributed by atoms with Crippen LogP contribution in [0.2, 0.25) is 0 Å². The molecule has 2 heterocycles. The van der Waals surface area contributed by atoms with Crippen molar-refractivity contribution < 1.29 is 4.79 Å². The van der Waals surface area contributed by atoms with Gasteiger partial charge in [-0.15, -0.1) is 10.2 Å². The molecule has 0 aliphatic rings. The average Bonchev–Trinajstić information content (AvgIpc) is 2.78. The van der Waals surface area contributed by atoms with E-state index in [2.05, 4.69) is 20.5 Å². The summed E-state index contributed by atoms with van der Waals surface area (Å²) in [7, 11) is 0. The standard InChI is InChI=1S/C9H9N5OS/c10-5-7-13-14-9(16-7)12-8(15)6-3-1-2-4-11-6/h1-4H,5,10H2,(H,12,14,15). The van der Waals surface area contributed by atoms with E-state index >= 15 is 0 Å². The van der Waals surface area contributed by atoms with Crippen LogP contribution in [0.5, 0.6) is 0 Å². The van der Waals surface area contributed by atoms with Crippen LogP contribution < -0.4 is 11.1 Å². The molecule has 0 aliphatic carbocycles. The van der Waals surface area contributed by atoms with Crippen molar-refractivity contribution in [1.82, 2.24) is 15.2 Å². The molecule has 0 spiro atoms. The van der Waals surface area contributed by atoms with Crippen LogP contribution in [0.4, 0.5) is 5.13 Å². The van der Waals surface area contributed by atoms with E-state index in [4.69, 9.17) is 5.73 Å². The Morgan fingerprint density at radius 2 is 2.31 bits per heavy atom. The molecule has 0 aromatic carbocycles. The zero-order valence-corrected chi connectivity index (χ0v) is 9.07. The van der Waals surface area contributed by atoms with Crippen molar-refractivity contribution in [2.75, 3.05) is 5.32 Å². The lowest BCUT2D eigenvalue weighted by molar-refractivity contribution is 0.102. The molecule has 6 nitrogen and oxygen atoms in total. The molecule has 16 heavy (non-hydrogen) atoms. The molecule has 0 radical (unpaired) electrons. The molecule has 0 fully saturated rings. The van der Waals surface area contributed by atoms with Crippen molar-refractivity contribution in [3.8, 4) is 0 Å². The number of amides is 1. The van der Waals surface area contributed by atoms with Gasteiger partial charge in [0.1, 0.15) is 10.7 Å². The summed E-state index contributed by atoms with van der Waals surface area (Å²) in [6.45, 7) is 0.317. The first kappa shape index (κ1) is 10.7. The van der Waals surface area contributed by atoms with Crippen molar-refractivity contribution in [2.45, 2.75) is 6.54 Å². The summed E-state index contributed by atoms with van der Waals surface area (Å²) in [5.74, 6) is -0.305. The number of nitrogens with one attached hydrogen (secondary N) is 1. The minimum Gasteiger partial charge on any atom is -0.324 e. The fourth-order valence-electron chi connectivity index (χ4n) is 1.04. The summed E-state index contributed by atoms with van der Waals surface area (Å²) in [5.41, 5.74) is 5.73. The molecule has 1 amide bonds. The number of nitrogens with zero attached hydrogens (tertiary/aromatic N) is 3. The van der Waals surface area contributed by atoms with Crippen LogP contribution in [0, 0.1) is 0 Å². The van der Waals surface area contributed by atoms with Crippen molar-refractivity contribution >= 4 is 22.4 Å². The predicted molar refractivity (Wildman–Crippen MR) is 60.0 cm³/mol. The zero-order valence-electron chi connectivity index (χ0n) is 8.25. The molecule has 82 valence electrons. The van der Waals surface area contributed by atoms with Crippen LogP contribution in [-0.2, 0) is 6.54 Å². The van der Waals surface area contributed by atoms with Crippen LogP contribution in [-0.4, -0.2) is 21.1 Å². The van der Waals surface area contributed by atoms with Crippen LogP contribution >= 0.6 is 11.3 Å². The van der Waals surface area contributed by atoms with Gasteiger partial charge in [0.25, 0.3) is 5.91 Å². The predicted octanol–water partition coefficient (Wildman–Crippen LogP) is 0.644. The highest BCUT2D eigenvalue weighted by Gasteiger charge is 2.09.